The minimum absolute atomic E-state index is 0.0549. The van der Waals surface area contributed by atoms with Gasteiger partial charge in [-0.1, -0.05) is 46.3 Å². The largest absolute Gasteiger partial charge is 0.481 e. The Morgan fingerprint density at radius 1 is 1.21 bits per heavy atom. The van der Waals surface area contributed by atoms with E-state index in [1.54, 1.807) is 18.2 Å². The third kappa shape index (κ3) is 5.66. The lowest BCUT2D eigenvalue weighted by Crippen LogP contribution is -2.30. The van der Waals surface area contributed by atoms with Gasteiger partial charge in [0.05, 0.1) is 12.5 Å². The molecule has 0 aliphatic carbocycles. The zero-order valence-electron chi connectivity index (χ0n) is 12.5. The number of nitrogens with one attached hydrogen (secondary N) is 1. The summed E-state index contributed by atoms with van der Waals surface area (Å²) in [7, 11) is 0. The molecule has 0 aromatic heterocycles. The van der Waals surface area contributed by atoms with Gasteiger partial charge in [-0.25, -0.2) is 9.18 Å². The lowest BCUT2D eigenvalue weighted by molar-refractivity contribution is -0.137. The molecule has 1 atom stereocenters. The molecule has 0 aliphatic heterocycles. The van der Waals surface area contributed by atoms with Crippen molar-refractivity contribution in [3.05, 3.63) is 69.9 Å². The van der Waals surface area contributed by atoms with Crippen LogP contribution >= 0.6 is 15.9 Å². The van der Waals surface area contributed by atoms with Crippen LogP contribution in [-0.2, 0) is 16.1 Å². The Hall–Kier alpha value is -2.41. The quantitative estimate of drug-likeness (QED) is 0.773. The van der Waals surface area contributed by atoms with Crippen molar-refractivity contribution in [3.8, 4) is 0 Å². The molecule has 5 nitrogen and oxygen atoms in total. The summed E-state index contributed by atoms with van der Waals surface area (Å²) >= 11 is 3.14. The summed E-state index contributed by atoms with van der Waals surface area (Å²) in [5, 5.41) is 11.5. The number of amides is 1. The first-order valence-electron chi connectivity index (χ1n) is 7.09. The van der Waals surface area contributed by atoms with Crippen LogP contribution in [0.25, 0.3) is 0 Å². The molecule has 24 heavy (non-hydrogen) atoms. The lowest BCUT2D eigenvalue weighted by atomic mass is 10.0. The smallest absolute Gasteiger partial charge is 0.407 e. The van der Waals surface area contributed by atoms with Gasteiger partial charge < -0.3 is 15.2 Å². The first-order chi connectivity index (χ1) is 11.4. The van der Waals surface area contributed by atoms with Crippen LogP contribution in [0.1, 0.15) is 23.6 Å². The summed E-state index contributed by atoms with van der Waals surface area (Å²) in [5.74, 6) is -1.65. The third-order valence-corrected chi connectivity index (χ3v) is 3.63. The molecule has 0 radical (unpaired) electrons. The number of carbonyl (C=O) groups is 2. The Morgan fingerprint density at radius 3 is 2.54 bits per heavy atom. The summed E-state index contributed by atoms with van der Waals surface area (Å²) in [4.78, 5) is 22.9. The predicted molar refractivity (Wildman–Crippen MR) is 88.9 cm³/mol. The van der Waals surface area contributed by atoms with Crippen molar-refractivity contribution < 1.29 is 23.8 Å². The van der Waals surface area contributed by atoms with E-state index in [9.17, 15) is 14.0 Å². The second-order valence-electron chi connectivity index (χ2n) is 5.06. The van der Waals surface area contributed by atoms with Gasteiger partial charge in [-0.15, -0.1) is 0 Å². The summed E-state index contributed by atoms with van der Waals surface area (Å²) in [6.45, 7) is 0.0549. The molecule has 126 valence electrons. The molecule has 2 N–H and O–H groups in total. The summed E-state index contributed by atoms with van der Waals surface area (Å²) in [5.41, 5.74) is 1.14. The number of aliphatic carboxylic acids is 1. The van der Waals surface area contributed by atoms with E-state index in [1.165, 1.54) is 12.1 Å². The van der Waals surface area contributed by atoms with Gasteiger partial charge in [0, 0.05) is 4.47 Å². The molecule has 0 aliphatic rings. The molecule has 2 aromatic carbocycles. The van der Waals surface area contributed by atoms with Crippen LogP contribution in [-0.4, -0.2) is 17.2 Å². The summed E-state index contributed by atoms with van der Waals surface area (Å²) in [6.07, 6.45) is -1.17. The van der Waals surface area contributed by atoms with E-state index in [1.807, 2.05) is 18.2 Å². The highest BCUT2D eigenvalue weighted by molar-refractivity contribution is 9.10. The Balaban J connectivity index is 2.05. The molecule has 0 saturated carbocycles. The highest BCUT2D eigenvalue weighted by atomic mass is 79.9. The zero-order chi connectivity index (χ0) is 17.5. The van der Waals surface area contributed by atoms with Crippen molar-refractivity contribution >= 4 is 28.0 Å². The molecule has 0 saturated heterocycles. The van der Waals surface area contributed by atoms with E-state index in [0.717, 1.165) is 5.56 Å². The fraction of sp³-hybridized carbons (Fsp3) is 0.176. The van der Waals surface area contributed by atoms with Gasteiger partial charge in [0.25, 0.3) is 0 Å². The standard InChI is InChI=1S/C17H15BrFNO4/c18-13-6-12(7-14(19)8-13)15(9-16(21)22)20-17(23)24-10-11-4-2-1-3-5-11/h1-8,15H,9-10H2,(H,20,23)(H,21,22)/t15-/m0/s1. The number of carboxylic acid groups (broad SMARTS) is 1. The summed E-state index contributed by atoms with van der Waals surface area (Å²) in [6, 6.07) is 12.1. The predicted octanol–water partition coefficient (Wildman–Crippen LogP) is 4.03. The first-order valence-corrected chi connectivity index (χ1v) is 7.88. The van der Waals surface area contributed by atoms with Gasteiger partial charge in [-0.3, -0.25) is 4.79 Å². The lowest BCUT2D eigenvalue weighted by Gasteiger charge is -2.18. The van der Waals surface area contributed by atoms with Crippen LogP contribution in [0.5, 0.6) is 0 Å². The van der Waals surface area contributed by atoms with Gasteiger partial charge in [0.15, 0.2) is 0 Å². The van der Waals surface area contributed by atoms with Crippen molar-refractivity contribution in [1.82, 2.24) is 5.32 Å². The SMILES string of the molecule is O=C(O)C[C@H](NC(=O)OCc1ccccc1)c1cc(F)cc(Br)c1. The van der Waals surface area contributed by atoms with Crippen LogP contribution in [0.2, 0.25) is 0 Å². The maximum absolute atomic E-state index is 13.5. The Morgan fingerprint density at radius 2 is 1.92 bits per heavy atom. The van der Waals surface area contributed by atoms with E-state index in [0.29, 0.717) is 10.0 Å². The number of carboxylic acids is 1. The Kier molecular flexibility index (Phi) is 6.31. The van der Waals surface area contributed by atoms with Crippen LogP contribution in [0.15, 0.2) is 53.0 Å². The average Bonchev–Trinajstić information content (AvgIpc) is 2.52. The van der Waals surface area contributed by atoms with Crippen LogP contribution in [0, 0.1) is 5.82 Å². The number of rotatable bonds is 6. The van der Waals surface area contributed by atoms with E-state index in [-0.39, 0.29) is 6.61 Å². The average molecular weight is 396 g/mol. The van der Waals surface area contributed by atoms with Crippen molar-refractivity contribution in [1.29, 1.82) is 0 Å². The molecule has 1 amide bonds. The number of carbonyl (C=O) groups excluding carboxylic acids is 1. The number of hydrogen-bond acceptors (Lipinski definition) is 3. The normalized spacial score (nSPS) is 11.6. The van der Waals surface area contributed by atoms with Crippen LogP contribution < -0.4 is 5.32 Å². The third-order valence-electron chi connectivity index (χ3n) is 3.17. The molecular weight excluding hydrogens is 381 g/mol. The Bertz CT molecular complexity index is 704. The van der Waals surface area contributed by atoms with Crippen molar-refractivity contribution in [2.24, 2.45) is 0 Å². The number of ether oxygens (including phenoxy) is 1. The molecule has 2 rings (SSSR count). The minimum atomic E-state index is -1.12. The topological polar surface area (TPSA) is 75.6 Å². The van der Waals surface area contributed by atoms with Crippen LogP contribution in [0.4, 0.5) is 9.18 Å². The summed E-state index contributed by atoms with van der Waals surface area (Å²) < 4.78 is 19.0. The maximum Gasteiger partial charge on any atom is 0.407 e. The monoisotopic (exact) mass is 395 g/mol. The molecule has 0 bridgehead atoms. The number of benzene rings is 2. The number of halogens is 2. The van der Waals surface area contributed by atoms with E-state index < -0.39 is 30.3 Å². The highest BCUT2D eigenvalue weighted by Crippen LogP contribution is 2.23. The second kappa shape index (κ2) is 8.44. The fourth-order valence-electron chi connectivity index (χ4n) is 2.11. The van der Waals surface area contributed by atoms with E-state index in [2.05, 4.69) is 21.2 Å². The molecule has 0 heterocycles. The van der Waals surface area contributed by atoms with Gasteiger partial charge in [-0.05, 0) is 29.3 Å². The van der Waals surface area contributed by atoms with Gasteiger partial charge in [0.2, 0.25) is 0 Å². The zero-order valence-corrected chi connectivity index (χ0v) is 14.1. The number of alkyl carbamates (subject to hydrolysis) is 1. The van der Waals surface area contributed by atoms with Gasteiger partial charge in [0.1, 0.15) is 12.4 Å². The molecule has 0 spiro atoms. The minimum Gasteiger partial charge on any atom is -0.481 e. The van der Waals surface area contributed by atoms with Gasteiger partial charge in [-0.2, -0.15) is 0 Å². The van der Waals surface area contributed by atoms with Crippen molar-refractivity contribution in [3.63, 3.8) is 0 Å². The highest BCUT2D eigenvalue weighted by Gasteiger charge is 2.20. The molecule has 0 unspecified atom stereocenters. The molecule has 0 fully saturated rings. The fourth-order valence-corrected chi connectivity index (χ4v) is 2.59. The van der Waals surface area contributed by atoms with Gasteiger partial charge >= 0.3 is 12.1 Å². The molecule has 7 heteroatoms. The molecular formula is C17H15BrFNO4. The van der Waals surface area contributed by atoms with Crippen molar-refractivity contribution in [2.75, 3.05) is 0 Å². The second-order valence-corrected chi connectivity index (χ2v) is 5.97. The van der Waals surface area contributed by atoms with E-state index in [4.69, 9.17) is 9.84 Å². The van der Waals surface area contributed by atoms with Crippen LogP contribution in [0.3, 0.4) is 0 Å². The Labute approximate surface area is 146 Å². The van der Waals surface area contributed by atoms with E-state index >= 15 is 0 Å². The maximum atomic E-state index is 13.5. The first kappa shape index (κ1) is 17.9. The molecule has 2 aromatic rings. The van der Waals surface area contributed by atoms with Crippen molar-refractivity contribution in [2.45, 2.75) is 19.1 Å². The number of hydrogen-bond donors (Lipinski definition) is 2.